The number of benzene rings is 2. The van der Waals surface area contributed by atoms with E-state index in [0.717, 1.165) is 0 Å². The second-order valence-corrected chi connectivity index (χ2v) is 8.42. The van der Waals surface area contributed by atoms with E-state index in [4.69, 9.17) is 42.1 Å². The lowest BCUT2D eigenvalue weighted by Crippen LogP contribution is -2.31. The highest BCUT2D eigenvalue weighted by molar-refractivity contribution is 6.47. The molecule has 1 aliphatic rings. The molecule has 1 amide bonds. The van der Waals surface area contributed by atoms with Crippen molar-refractivity contribution < 1.29 is 33.6 Å². The smallest absolute Gasteiger partial charge is 0.295 e. The Hall–Kier alpha value is -2.94. The summed E-state index contributed by atoms with van der Waals surface area (Å²) < 4.78 is 21.3. The average Bonchev–Trinajstić information content (AvgIpc) is 3.09. The molecule has 1 fully saturated rings. The molecule has 2 aromatic carbocycles. The lowest BCUT2D eigenvalue weighted by molar-refractivity contribution is -0.140. The highest BCUT2D eigenvalue weighted by atomic mass is 35.5. The van der Waals surface area contributed by atoms with Crippen molar-refractivity contribution in [1.82, 2.24) is 4.90 Å². The van der Waals surface area contributed by atoms with Gasteiger partial charge in [0.25, 0.3) is 11.7 Å². The van der Waals surface area contributed by atoms with Crippen LogP contribution < -0.4 is 14.2 Å². The van der Waals surface area contributed by atoms with E-state index in [1.165, 1.54) is 25.2 Å². The van der Waals surface area contributed by atoms with E-state index in [-0.39, 0.29) is 39.2 Å². The SMILES string of the molecule is CCOc1cccc(C2/C(=C(\O)c3cc(Cl)c(OC)c(Cl)c3OC)C(=O)C(=O)N2CCCOC)c1. The predicted molar refractivity (Wildman–Crippen MR) is 133 cm³/mol. The van der Waals surface area contributed by atoms with Crippen molar-refractivity contribution in [2.24, 2.45) is 0 Å². The molecule has 1 aliphatic heterocycles. The zero-order chi connectivity index (χ0) is 25.7. The first-order valence-electron chi connectivity index (χ1n) is 10.9. The molecule has 1 saturated heterocycles. The number of Topliss-reactive ketones (excluding diaryl/α,β-unsaturated/α-hetero) is 1. The number of amides is 1. The summed E-state index contributed by atoms with van der Waals surface area (Å²) in [7, 11) is 4.31. The normalized spacial score (nSPS) is 17.1. The number of hydrogen-bond acceptors (Lipinski definition) is 7. The molecule has 1 N–H and O–H groups in total. The molecule has 0 bridgehead atoms. The summed E-state index contributed by atoms with van der Waals surface area (Å²) in [6, 6.07) is 7.54. The summed E-state index contributed by atoms with van der Waals surface area (Å²) in [6.45, 7) is 2.93. The fourth-order valence-electron chi connectivity index (χ4n) is 4.07. The fourth-order valence-corrected chi connectivity index (χ4v) is 4.76. The van der Waals surface area contributed by atoms with Crippen molar-refractivity contribution in [3.8, 4) is 17.2 Å². The van der Waals surface area contributed by atoms with Gasteiger partial charge in [0.2, 0.25) is 0 Å². The number of ketones is 1. The number of methoxy groups -OCH3 is 3. The Kier molecular flexibility index (Phi) is 8.88. The molecule has 1 unspecified atom stereocenters. The third-order valence-electron chi connectivity index (χ3n) is 5.57. The second-order valence-electron chi connectivity index (χ2n) is 7.63. The first-order valence-corrected chi connectivity index (χ1v) is 11.7. The molecule has 0 radical (unpaired) electrons. The largest absolute Gasteiger partial charge is 0.507 e. The van der Waals surface area contributed by atoms with Gasteiger partial charge in [-0.25, -0.2) is 0 Å². The quantitative estimate of drug-likeness (QED) is 0.205. The summed E-state index contributed by atoms with van der Waals surface area (Å²) in [6.07, 6.45) is 0.495. The predicted octanol–water partition coefficient (Wildman–Crippen LogP) is 4.87. The molecule has 0 aliphatic carbocycles. The molecule has 10 heteroatoms. The number of carbonyl (C=O) groups is 2. The van der Waals surface area contributed by atoms with E-state index in [2.05, 4.69) is 0 Å². The Morgan fingerprint density at radius 3 is 2.43 bits per heavy atom. The molecule has 1 atom stereocenters. The van der Waals surface area contributed by atoms with Gasteiger partial charge in [0.05, 0.1) is 43.0 Å². The lowest BCUT2D eigenvalue weighted by atomic mass is 9.94. The third kappa shape index (κ3) is 5.19. The fraction of sp³-hybridized carbons (Fsp3) is 0.360. The van der Waals surface area contributed by atoms with Gasteiger partial charge in [-0.3, -0.25) is 9.59 Å². The van der Waals surface area contributed by atoms with E-state index < -0.39 is 23.5 Å². The van der Waals surface area contributed by atoms with Crippen LogP contribution in [0.4, 0.5) is 0 Å². The van der Waals surface area contributed by atoms with Crippen molar-refractivity contribution in [2.45, 2.75) is 19.4 Å². The summed E-state index contributed by atoms with van der Waals surface area (Å²) in [5.41, 5.74) is 0.541. The highest BCUT2D eigenvalue weighted by Gasteiger charge is 2.46. The first-order chi connectivity index (χ1) is 16.8. The van der Waals surface area contributed by atoms with Gasteiger partial charge in [-0.2, -0.15) is 0 Å². The van der Waals surface area contributed by atoms with Crippen LogP contribution in [-0.4, -0.2) is 62.8 Å². The molecule has 0 spiro atoms. The molecule has 0 saturated carbocycles. The molecule has 8 nitrogen and oxygen atoms in total. The number of aliphatic hydroxyl groups is 1. The number of halogens is 2. The zero-order valence-electron chi connectivity index (χ0n) is 19.9. The molecule has 188 valence electrons. The summed E-state index contributed by atoms with van der Waals surface area (Å²) in [5.74, 6) is -1.26. The van der Waals surface area contributed by atoms with E-state index in [1.54, 1.807) is 31.4 Å². The molecule has 2 aromatic rings. The minimum atomic E-state index is -0.878. The second kappa shape index (κ2) is 11.7. The zero-order valence-corrected chi connectivity index (χ0v) is 21.4. The van der Waals surface area contributed by atoms with Gasteiger partial charge in [0.15, 0.2) is 11.5 Å². The summed E-state index contributed by atoms with van der Waals surface area (Å²) in [5, 5.41) is 11.5. The Morgan fingerprint density at radius 1 is 1.09 bits per heavy atom. The average molecular weight is 524 g/mol. The van der Waals surface area contributed by atoms with Gasteiger partial charge >= 0.3 is 0 Å². The Morgan fingerprint density at radius 2 is 1.80 bits per heavy atom. The van der Waals surface area contributed by atoms with Gasteiger partial charge < -0.3 is 29.0 Å². The van der Waals surface area contributed by atoms with Crippen LogP contribution in [0.25, 0.3) is 5.76 Å². The summed E-state index contributed by atoms with van der Waals surface area (Å²) in [4.78, 5) is 27.7. The maximum absolute atomic E-state index is 13.2. The molecule has 35 heavy (non-hydrogen) atoms. The third-order valence-corrected chi connectivity index (χ3v) is 6.19. The van der Waals surface area contributed by atoms with Gasteiger partial charge in [0, 0.05) is 20.3 Å². The summed E-state index contributed by atoms with van der Waals surface area (Å²) >= 11 is 12.7. The maximum atomic E-state index is 13.2. The van der Waals surface area contributed by atoms with Crippen LogP contribution >= 0.6 is 23.2 Å². The monoisotopic (exact) mass is 523 g/mol. The number of carbonyl (C=O) groups excluding carboxylic acids is 2. The van der Waals surface area contributed by atoms with Crippen LogP contribution in [-0.2, 0) is 14.3 Å². The van der Waals surface area contributed by atoms with Crippen LogP contribution in [0, 0.1) is 0 Å². The topological polar surface area (TPSA) is 94.5 Å². The van der Waals surface area contributed by atoms with Gasteiger partial charge in [-0.05, 0) is 37.1 Å². The van der Waals surface area contributed by atoms with Crippen molar-refractivity contribution in [1.29, 1.82) is 0 Å². The number of ether oxygens (including phenoxy) is 4. The van der Waals surface area contributed by atoms with E-state index in [0.29, 0.717) is 30.9 Å². The van der Waals surface area contributed by atoms with E-state index in [1.807, 2.05) is 6.92 Å². The molecular formula is C25H27Cl2NO7. The maximum Gasteiger partial charge on any atom is 0.295 e. The number of aliphatic hydroxyl groups excluding tert-OH is 1. The molecule has 3 rings (SSSR count). The number of rotatable bonds is 10. The Balaban J connectivity index is 2.25. The van der Waals surface area contributed by atoms with Gasteiger partial charge in [-0.15, -0.1) is 0 Å². The Bertz CT molecular complexity index is 1150. The molecular weight excluding hydrogens is 497 g/mol. The number of likely N-dealkylation sites (tertiary alicyclic amines) is 1. The van der Waals surface area contributed by atoms with Crippen molar-refractivity contribution in [3.63, 3.8) is 0 Å². The van der Waals surface area contributed by atoms with Crippen LogP contribution in [0.3, 0.4) is 0 Å². The minimum absolute atomic E-state index is 0.0215. The van der Waals surface area contributed by atoms with Crippen LogP contribution in [0.5, 0.6) is 17.2 Å². The highest BCUT2D eigenvalue weighted by Crippen LogP contribution is 2.47. The van der Waals surface area contributed by atoms with Crippen LogP contribution in [0.15, 0.2) is 35.9 Å². The Labute approximate surface area is 213 Å². The lowest BCUT2D eigenvalue weighted by Gasteiger charge is -2.26. The van der Waals surface area contributed by atoms with E-state index >= 15 is 0 Å². The van der Waals surface area contributed by atoms with Crippen LogP contribution in [0.1, 0.15) is 30.5 Å². The molecule has 1 heterocycles. The first kappa shape index (κ1) is 26.7. The van der Waals surface area contributed by atoms with Crippen LogP contribution in [0.2, 0.25) is 10.0 Å². The number of hydrogen-bond donors (Lipinski definition) is 1. The number of nitrogens with zero attached hydrogens (tertiary/aromatic N) is 1. The minimum Gasteiger partial charge on any atom is -0.507 e. The van der Waals surface area contributed by atoms with Crippen molar-refractivity contribution >= 4 is 40.7 Å². The molecule has 0 aromatic heterocycles. The van der Waals surface area contributed by atoms with Gasteiger partial charge in [0.1, 0.15) is 16.5 Å². The standard InChI is InChI=1S/C25H27Cl2NO7/c1-5-35-15-9-6-8-14(12-15)20-18(22(30)25(31)28(20)10-7-11-32-2)21(29)16-13-17(26)24(34-4)19(27)23(16)33-3/h6,8-9,12-13,20,29H,5,7,10-11H2,1-4H3/b21-18+. The van der Waals surface area contributed by atoms with Crippen molar-refractivity contribution in [2.75, 3.05) is 41.1 Å². The van der Waals surface area contributed by atoms with E-state index in [9.17, 15) is 14.7 Å². The van der Waals surface area contributed by atoms with Gasteiger partial charge in [-0.1, -0.05) is 35.3 Å². The van der Waals surface area contributed by atoms with Crippen molar-refractivity contribution in [3.05, 3.63) is 57.1 Å².